The summed E-state index contributed by atoms with van der Waals surface area (Å²) in [6, 6.07) is 0. The Balaban J connectivity index is 2.26. The van der Waals surface area contributed by atoms with Crippen LogP contribution >= 0.6 is 0 Å². The summed E-state index contributed by atoms with van der Waals surface area (Å²) in [7, 11) is 4.97. The first-order valence-corrected chi connectivity index (χ1v) is 5.56. The van der Waals surface area contributed by atoms with Crippen LogP contribution in [0.15, 0.2) is 0 Å². The van der Waals surface area contributed by atoms with Crippen LogP contribution in [-0.2, 0) is 23.7 Å². The molecule has 16 heavy (non-hydrogen) atoms. The third-order valence-corrected chi connectivity index (χ3v) is 3.48. The number of ether oxygens (including phenoxy) is 5. The van der Waals surface area contributed by atoms with Crippen molar-refractivity contribution < 1.29 is 23.7 Å². The normalized spacial score (nSPS) is 48.0. The molecule has 2 aliphatic heterocycles. The van der Waals surface area contributed by atoms with E-state index in [9.17, 15) is 0 Å². The number of methoxy groups -OCH3 is 3. The van der Waals surface area contributed by atoms with Crippen LogP contribution in [0.5, 0.6) is 0 Å². The maximum atomic E-state index is 5.90. The minimum atomic E-state index is -0.729. The van der Waals surface area contributed by atoms with Gasteiger partial charge in [-0.05, 0) is 13.3 Å². The van der Waals surface area contributed by atoms with Gasteiger partial charge in [0.2, 0.25) is 0 Å². The minimum Gasteiger partial charge on any atom is -0.376 e. The van der Waals surface area contributed by atoms with Crippen molar-refractivity contribution in [3.63, 3.8) is 0 Å². The fraction of sp³-hybridized carbons (Fsp3) is 1.00. The van der Waals surface area contributed by atoms with Crippen molar-refractivity contribution >= 4 is 0 Å². The maximum Gasteiger partial charge on any atom is 0.194 e. The Hall–Kier alpha value is -0.200. The topological polar surface area (TPSA) is 46.2 Å². The van der Waals surface area contributed by atoms with Gasteiger partial charge in [-0.15, -0.1) is 0 Å². The Morgan fingerprint density at radius 2 is 1.75 bits per heavy atom. The van der Waals surface area contributed by atoms with Crippen LogP contribution in [0, 0.1) is 0 Å². The zero-order chi connectivity index (χ0) is 11.8. The average Bonchev–Trinajstić information content (AvgIpc) is 2.28. The van der Waals surface area contributed by atoms with E-state index in [0.29, 0.717) is 6.61 Å². The van der Waals surface area contributed by atoms with Crippen molar-refractivity contribution in [1.82, 2.24) is 0 Å². The van der Waals surface area contributed by atoms with E-state index in [-0.39, 0.29) is 24.4 Å². The van der Waals surface area contributed by atoms with Gasteiger partial charge in [0, 0.05) is 21.3 Å². The Bertz CT molecular complexity index is 247. The highest BCUT2D eigenvalue weighted by Crippen LogP contribution is 2.39. The molecule has 0 amide bonds. The Kier molecular flexibility index (Phi) is 3.51. The highest BCUT2D eigenvalue weighted by Gasteiger charge is 2.56. The Morgan fingerprint density at radius 1 is 1.06 bits per heavy atom. The van der Waals surface area contributed by atoms with Crippen molar-refractivity contribution in [2.24, 2.45) is 0 Å². The van der Waals surface area contributed by atoms with Crippen LogP contribution in [0.1, 0.15) is 13.3 Å². The fourth-order valence-electron chi connectivity index (χ4n) is 2.73. The quantitative estimate of drug-likeness (QED) is 0.711. The number of fused-ring (bicyclic) bond motifs is 2. The second-order valence-corrected chi connectivity index (χ2v) is 4.37. The molecular formula is C11H20O5. The van der Waals surface area contributed by atoms with Crippen molar-refractivity contribution in [2.75, 3.05) is 27.9 Å². The van der Waals surface area contributed by atoms with E-state index in [1.165, 1.54) is 0 Å². The smallest absolute Gasteiger partial charge is 0.194 e. The molecule has 0 aromatic heterocycles. The highest BCUT2D eigenvalue weighted by molar-refractivity contribution is 4.99. The van der Waals surface area contributed by atoms with Gasteiger partial charge in [0.1, 0.15) is 18.3 Å². The van der Waals surface area contributed by atoms with Crippen LogP contribution in [-0.4, -0.2) is 58.1 Å². The van der Waals surface area contributed by atoms with Gasteiger partial charge in [0.25, 0.3) is 0 Å². The molecule has 2 saturated heterocycles. The lowest BCUT2D eigenvalue weighted by Gasteiger charge is -2.52. The molecule has 0 aliphatic carbocycles. The molecule has 0 aromatic rings. The first-order valence-electron chi connectivity index (χ1n) is 5.56. The molecule has 2 heterocycles. The molecule has 0 unspecified atom stereocenters. The third kappa shape index (κ3) is 1.76. The summed E-state index contributed by atoms with van der Waals surface area (Å²) in [6.45, 7) is 2.56. The lowest BCUT2D eigenvalue weighted by molar-refractivity contribution is -0.385. The number of rotatable bonds is 3. The SMILES string of the molecule is CO[C@H]1[C@H](OC)[C@H](OC)[C@]2(C)OCC[C@@H]1O2. The molecular weight excluding hydrogens is 212 g/mol. The zero-order valence-electron chi connectivity index (χ0n) is 10.3. The Morgan fingerprint density at radius 3 is 2.31 bits per heavy atom. The molecule has 2 fully saturated rings. The Labute approximate surface area is 95.9 Å². The minimum absolute atomic E-state index is 0.0140. The predicted molar refractivity (Wildman–Crippen MR) is 56.2 cm³/mol. The molecule has 2 rings (SSSR count). The summed E-state index contributed by atoms with van der Waals surface area (Å²) in [4.78, 5) is 0. The van der Waals surface area contributed by atoms with Gasteiger partial charge in [0.05, 0.1) is 12.7 Å². The first kappa shape index (κ1) is 12.3. The second-order valence-electron chi connectivity index (χ2n) is 4.37. The molecule has 0 aromatic carbocycles. The summed E-state index contributed by atoms with van der Waals surface area (Å²) in [5.74, 6) is -0.729. The van der Waals surface area contributed by atoms with E-state index in [0.717, 1.165) is 6.42 Å². The molecule has 2 aliphatic rings. The maximum absolute atomic E-state index is 5.90. The predicted octanol–water partition coefficient (Wildman–Crippen LogP) is 0.567. The summed E-state index contributed by atoms with van der Waals surface area (Å²) in [6.07, 6.45) is 0.287. The van der Waals surface area contributed by atoms with E-state index in [2.05, 4.69) is 0 Å². The van der Waals surface area contributed by atoms with Gasteiger partial charge < -0.3 is 23.7 Å². The van der Waals surface area contributed by atoms with Gasteiger partial charge in [-0.2, -0.15) is 0 Å². The van der Waals surface area contributed by atoms with Crippen LogP contribution in [0.2, 0.25) is 0 Å². The first-order chi connectivity index (χ1) is 7.66. The number of hydrogen-bond acceptors (Lipinski definition) is 5. The largest absolute Gasteiger partial charge is 0.376 e. The van der Waals surface area contributed by atoms with Gasteiger partial charge in [0.15, 0.2) is 5.79 Å². The molecule has 5 atom stereocenters. The van der Waals surface area contributed by atoms with Crippen molar-refractivity contribution in [3.8, 4) is 0 Å². The second kappa shape index (κ2) is 4.58. The zero-order valence-corrected chi connectivity index (χ0v) is 10.3. The summed E-state index contributed by atoms with van der Waals surface area (Å²) in [5, 5.41) is 0. The standard InChI is InChI=1S/C11H20O5/c1-11-10(14-4)9(13-3)8(12-2)7(16-11)5-6-15-11/h7-10H,5-6H2,1-4H3/t7-,8+,9-,10-,11+/m0/s1. The van der Waals surface area contributed by atoms with Gasteiger partial charge >= 0.3 is 0 Å². The van der Waals surface area contributed by atoms with E-state index in [1.54, 1.807) is 21.3 Å². The molecule has 2 bridgehead atoms. The van der Waals surface area contributed by atoms with Crippen LogP contribution < -0.4 is 0 Å². The molecule has 0 saturated carbocycles. The molecule has 0 N–H and O–H groups in total. The summed E-state index contributed by atoms with van der Waals surface area (Å²) >= 11 is 0. The van der Waals surface area contributed by atoms with Crippen molar-refractivity contribution in [2.45, 2.75) is 43.5 Å². The summed E-state index contributed by atoms with van der Waals surface area (Å²) < 4.78 is 28.0. The van der Waals surface area contributed by atoms with E-state index >= 15 is 0 Å². The molecule has 5 nitrogen and oxygen atoms in total. The molecule has 5 heteroatoms. The fourth-order valence-corrected chi connectivity index (χ4v) is 2.73. The van der Waals surface area contributed by atoms with E-state index in [1.807, 2.05) is 6.92 Å². The van der Waals surface area contributed by atoms with Crippen LogP contribution in [0.4, 0.5) is 0 Å². The van der Waals surface area contributed by atoms with Crippen LogP contribution in [0.25, 0.3) is 0 Å². The third-order valence-electron chi connectivity index (χ3n) is 3.48. The lowest BCUT2D eigenvalue weighted by atomic mass is 9.89. The van der Waals surface area contributed by atoms with E-state index < -0.39 is 5.79 Å². The average molecular weight is 232 g/mol. The van der Waals surface area contributed by atoms with Crippen LogP contribution in [0.3, 0.4) is 0 Å². The monoisotopic (exact) mass is 232 g/mol. The van der Waals surface area contributed by atoms with Gasteiger partial charge in [-0.3, -0.25) is 0 Å². The van der Waals surface area contributed by atoms with Gasteiger partial charge in [-0.1, -0.05) is 0 Å². The lowest BCUT2D eigenvalue weighted by Crippen LogP contribution is -2.68. The van der Waals surface area contributed by atoms with Crippen molar-refractivity contribution in [1.29, 1.82) is 0 Å². The molecule has 0 spiro atoms. The number of hydrogen-bond donors (Lipinski definition) is 0. The van der Waals surface area contributed by atoms with Gasteiger partial charge in [-0.25, -0.2) is 0 Å². The van der Waals surface area contributed by atoms with Crippen molar-refractivity contribution in [3.05, 3.63) is 0 Å². The molecule has 0 radical (unpaired) electrons. The highest BCUT2D eigenvalue weighted by atomic mass is 16.7. The summed E-state index contributed by atoms with van der Waals surface area (Å²) in [5.41, 5.74) is 0. The molecule has 94 valence electrons. The van der Waals surface area contributed by atoms with E-state index in [4.69, 9.17) is 23.7 Å².